The van der Waals surface area contributed by atoms with Crippen molar-refractivity contribution in [2.75, 3.05) is 89.7 Å². The summed E-state index contributed by atoms with van der Waals surface area (Å²) >= 11 is 6.14. The highest BCUT2D eigenvalue weighted by molar-refractivity contribution is 9.09. The van der Waals surface area contributed by atoms with Gasteiger partial charge in [0.1, 0.15) is 12.1 Å². The van der Waals surface area contributed by atoms with Crippen LogP contribution < -0.4 is 31.9 Å². The SMILES string of the molecule is O=C(O)CCCCCCCCCCCCCCCCC(=O)NC(CCCCNC(=O)CCOCCOCCNC(=O)CCOCCOCCNC(=O)[C@H](CCCNC(=O)CBr)NC(=O)CBr)C(=O)O. The van der Waals surface area contributed by atoms with Crippen LogP contribution in [0.15, 0.2) is 0 Å². The molecular weight excluding hydrogens is 1030 g/mol. The lowest BCUT2D eigenvalue weighted by atomic mass is 10.0. The molecule has 0 bridgehead atoms. The lowest BCUT2D eigenvalue weighted by molar-refractivity contribution is -0.142. The molecule has 2 atom stereocenters. The van der Waals surface area contributed by atoms with Gasteiger partial charge in [-0.15, -0.1) is 0 Å². The van der Waals surface area contributed by atoms with Gasteiger partial charge in [0, 0.05) is 51.9 Å². The van der Waals surface area contributed by atoms with Crippen molar-refractivity contribution in [3.05, 3.63) is 0 Å². The zero-order chi connectivity index (χ0) is 51.0. The van der Waals surface area contributed by atoms with Crippen LogP contribution in [0.4, 0.5) is 0 Å². The summed E-state index contributed by atoms with van der Waals surface area (Å²) in [5.74, 6) is -3.23. The van der Waals surface area contributed by atoms with Crippen molar-refractivity contribution in [1.29, 1.82) is 0 Å². The Labute approximate surface area is 426 Å². The van der Waals surface area contributed by atoms with Crippen molar-refractivity contribution in [3.63, 3.8) is 0 Å². The van der Waals surface area contributed by atoms with E-state index in [1.54, 1.807) is 0 Å². The number of carboxylic acid groups (broad SMARTS) is 2. The standard InChI is InChI=1S/C47H84Br2N6O14/c48-36-43(59)51-25-17-19-38(54-44(60)37-49)46(63)53-27-31-69-35-33-67-29-23-41(57)52-26-30-68-34-32-66-28-22-40(56)50-24-16-15-18-39(47(64)65)55-42(58)20-13-11-9-7-5-3-1-2-4-6-8-10-12-14-21-45(61)62/h38-39H,1-37H2,(H,50,56)(H,51,59)(H,52,57)(H,53,63)(H,54,60)(H,55,58)(H,61,62)(H,64,65)/t38-,39?/m0/s1. The topological polar surface area (TPSA) is 286 Å². The average Bonchev–Trinajstić information content (AvgIpc) is 3.32. The second kappa shape index (κ2) is 48.2. The molecule has 0 spiro atoms. The lowest BCUT2D eigenvalue weighted by Gasteiger charge is -2.18. The maximum atomic E-state index is 12.5. The van der Waals surface area contributed by atoms with Crippen molar-refractivity contribution in [2.45, 2.75) is 160 Å². The van der Waals surface area contributed by atoms with E-state index in [-0.39, 0.29) is 125 Å². The van der Waals surface area contributed by atoms with E-state index in [0.29, 0.717) is 58.3 Å². The monoisotopic (exact) mass is 1110 g/mol. The van der Waals surface area contributed by atoms with Crippen molar-refractivity contribution >= 4 is 79.2 Å². The first-order valence-corrected chi connectivity index (χ1v) is 27.2. The molecule has 69 heavy (non-hydrogen) atoms. The van der Waals surface area contributed by atoms with Crippen LogP contribution in [0, 0.1) is 0 Å². The third-order valence-corrected chi connectivity index (χ3v) is 11.6. The quantitative estimate of drug-likeness (QED) is 0.0309. The number of halogens is 2. The first-order valence-electron chi connectivity index (χ1n) is 24.9. The van der Waals surface area contributed by atoms with Gasteiger partial charge in [0.25, 0.3) is 0 Å². The molecule has 0 aromatic carbocycles. The number of carboxylic acids is 2. The Bertz CT molecular complexity index is 1400. The first kappa shape index (κ1) is 65.6. The van der Waals surface area contributed by atoms with E-state index in [1.165, 1.54) is 44.9 Å². The molecule has 8 N–H and O–H groups in total. The number of rotatable bonds is 50. The van der Waals surface area contributed by atoms with Crippen molar-refractivity contribution < 1.29 is 67.5 Å². The first-order chi connectivity index (χ1) is 33.4. The second-order valence-electron chi connectivity index (χ2n) is 16.6. The summed E-state index contributed by atoms with van der Waals surface area (Å²) in [4.78, 5) is 94.5. The molecule has 0 aliphatic rings. The van der Waals surface area contributed by atoms with Crippen LogP contribution in [-0.4, -0.2) is 159 Å². The van der Waals surface area contributed by atoms with E-state index < -0.39 is 24.0 Å². The van der Waals surface area contributed by atoms with Gasteiger partial charge < -0.3 is 61.1 Å². The van der Waals surface area contributed by atoms with E-state index in [4.69, 9.17) is 24.1 Å². The van der Waals surface area contributed by atoms with Crippen LogP contribution in [-0.2, 0) is 57.3 Å². The molecule has 0 saturated carbocycles. The smallest absolute Gasteiger partial charge is 0.326 e. The number of nitrogens with one attached hydrogen (secondary N) is 6. The number of alkyl halides is 2. The Hall–Kier alpha value is -3.44. The number of carbonyl (C=O) groups excluding carboxylic acids is 6. The zero-order valence-corrected chi connectivity index (χ0v) is 44.0. The highest BCUT2D eigenvalue weighted by atomic mass is 79.9. The number of amides is 6. The Balaban J connectivity index is 3.71. The van der Waals surface area contributed by atoms with E-state index in [9.17, 15) is 43.5 Å². The van der Waals surface area contributed by atoms with E-state index in [1.807, 2.05) is 0 Å². The van der Waals surface area contributed by atoms with E-state index in [2.05, 4.69) is 63.8 Å². The van der Waals surface area contributed by atoms with Gasteiger partial charge in [0.2, 0.25) is 35.4 Å². The van der Waals surface area contributed by atoms with Crippen LogP contribution in [0.2, 0.25) is 0 Å². The summed E-state index contributed by atoms with van der Waals surface area (Å²) in [5, 5.41) is 34.7. The van der Waals surface area contributed by atoms with Gasteiger partial charge >= 0.3 is 11.9 Å². The number of carbonyl (C=O) groups is 8. The molecule has 0 fully saturated rings. The summed E-state index contributed by atoms with van der Waals surface area (Å²) in [7, 11) is 0. The van der Waals surface area contributed by atoms with Crippen LogP contribution >= 0.6 is 31.9 Å². The van der Waals surface area contributed by atoms with Gasteiger partial charge in [-0.2, -0.15) is 0 Å². The normalized spacial score (nSPS) is 11.9. The molecule has 22 heteroatoms. The molecular formula is C47H84Br2N6O14. The predicted octanol–water partition coefficient (Wildman–Crippen LogP) is 4.42. The van der Waals surface area contributed by atoms with Gasteiger partial charge in [-0.05, 0) is 44.9 Å². The van der Waals surface area contributed by atoms with Gasteiger partial charge in [0.15, 0.2) is 0 Å². The number of hydrogen-bond acceptors (Lipinski definition) is 12. The fourth-order valence-electron chi connectivity index (χ4n) is 6.77. The molecule has 6 amide bonds. The fourth-order valence-corrected chi connectivity index (χ4v) is 7.13. The van der Waals surface area contributed by atoms with Crippen LogP contribution in [0.1, 0.15) is 148 Å². The summed E-state index contributed by atoms with van der Waals surface area (Å²) < 4.78 is 21.8. The summed E-state index contributed by atoms with van der Waals surface area (Å²) in [6.07, 6.45) is 18.4. The zero-order valence-electron chi connectivity index (χ0n) is 40.9. The Kier molecular flexibility index (Phi) is 45.8. The van der Waals surface area contributed by atoms with E-state index >= 15 is 0 Å². The number of unbranched alkanes of at least 4 members (excludes halogenated alkanes) is 14. The minimum absolute atomic E-state index is 0.0606. The summed E-state index contributed by atoms with van der Waals surface area (Å²) in [6, 6.07) is -1.70. The van der Waals surface area contributed by atoms with Crippen LogP contribution in [0.5, 0.6) is 0 Å². The summed E-state index contributed by atoms with van der Waals surface area (Å²) in [5.41, 5.74) is 0. The van der Waals surface area contributed by atoms with Gasteiger partial charge in [-0.3, -0.25) is 33.6 Å². The molecule has 0 aromatic rings. The molecule has 0 aliphatic heterocycles. The Morgan fingerprint density at radius 3 is 1.26 bits per heavy atom. The number of ether oxygens (including phenoxy) is 4. The number of hydrogen-bond donors (Lipinski definition) is 8. The molecule has 20 nitrogen and oxygen atoms in total. The Morgan fingerprint density at radius 2 is 0.768 bits per heavy atom. The highest BCUT2D eigenvalue weighted by Gasteiger charge is 2.21. The molecule has 0 aliphatic carbocycles. The van der Waals surface area contributed by atoms with Gasteiger partial charge in [-0.1, -0.05) is 109 Å². The van der Waals surface area contributed by atoms with Gasteiger partial charge in [0.05, 0.1) is 63.5 Å². The lowest BCUT2D eigenvalue weighted by Crippen LogP contribution is -2.48. The molecule has 0 saturated heterocycles. The third kappa shape index (κ3) is 45.5. The largest absolute Gasteiger partial charge is 0.481 e. The second-order valence-corrected chi connectivity index (χ2v) is 17.7. The minimum atomic E-state index is -1.07. The molecule has 0 heterocycles. The molecule has 400 valence electrons. The van der Waals surface area contributed by atoms with Gasteiger partial charge in [-0.25, -0.2) is 4.79 Å². The van der Waals surface area contributed by atoms with Crippen molar-refractivity contribution in [1.82, 2.24) is 31.9 Å². The predicted molar refractivity (Wildman–Crippen MR) is 268 cm³/mol. The minimum Gasteiger partial charge on any atom is -0.481 e. The molecule has 1 unspecified atom stereocenters. The average molecular weight is 1120 g/mol. The van der Waals surface area contributed by atoms with Crippen LogP contribution in [0.25, 0.3) is 0 Å². The molecule has 0 aromatic heterocycles. The van der Waals surface area contributed by atoms with Crippen molar-refractivity contribution in [2.24, 2.45) is 0 Å². The third-order valence-electron chi connectivity index (χ3n) is 10.6. The Morgan fingerprint density at radius 1 is 0.362 bits per heavy atom. The summed E-state index contributed by atoms with van der Waals surface area (Å²) in [6.45, 7) is 3.36. The molecule has 0 radical (unpaired) electrons. The maximum Gasteiger partial charge on any atom is 0.326 e. The van der Waals surface area contributed by atoms with Crippen molar-refractivity contribution in [3.8, 4) is 0 Å². The fraction of sp³-hybridized carbons (Fsp3) is 0.830. The highest BCUT2D eigenvalue weighted by Crippen LogP contribution is 2.14. The molecule has 0 rings (SSSR count). The van der Waals surface area contributed by atoms with Crippen LogP contribution in [0.3, 0.4) is 0 Å². The number of aliphatic carboxylic acids is 2. The van der Waals surface area contributed by atoms with E-state index in [0.717, 1.165) is 44.9 Å². The maximum absolute atomic E-state index is 12.5.